The number of rotatable bonds is 7. The molecule has 0 spiro atoms. The number of aliphatic hydroxyl groups excluding tert-OH is 1. The molecule has 2 rings (SSSR count). The maximum atomic E-state index is 8.98. The Labute approximate surface area is 110 Å². The van der Waals surface area contributed by atoms with E-state index in [0.717, 1.165) is 45.8 Å². The molecule has 4 heteroatoms. The van der Waals surface area contributed by atoms with Crippen molar-refractivity contribution in [2.24, 2.45) is 5.92 Å². The van der Waals surface area contributed by atoms with Crippen molar-refractivity contribution in [2.45, 2.75) is 38.2 Å². The van der Waals surface area contributed by atoms with E-state index in [1.807, 2.05) is 0 Å². The molecule has 2 atom stereocenters. The largest absolute Gasteiger partial charge is 0.396 e. The third kappa shape index (κ3) is 4.84. The highest BCUT2D eigenvalue weighted by molar-refractivity contribution is 4.72. The lowest BCUT2D eigenvalue weighted by Crippen LogP contribution is -2.38. The van der Waals surface area contributed by atoms with E-state index in [0.29, 0.717) is 18.6 Å². The van der Waals surface area contributed by atoms with Crippen molar-refractivity contribution in [1.82, 2.24) is 4.90 Å². The molecule has 106 valence electrons. The number of aliphatic hydroxyl groups is 1. The van der Waals surface area contributed by atoms with E-state index in [-0.39, 0.29) is 0 Å². The Morgan fingerprint density at radius 3 is 3.00 bits per heavy atom. The van der Waals surface area contributed by atoms with Crippen molar-refractivity contribution in [3.63, 3.8) is 0 Å². The van der Waals surface area contributed by atoms with E-state index in [2.05, 4.69) is 4.90 Å². The predicted molar refractivity (Wildman–Crippen MR) is 70.7 cm³/mol. The lowest BCUT2D eigenvalue weighted by molar-refractivity contribution is 0.00671. The van der Waals surface area contributed by atoms with Crippen LogP contribution in [-0.2, 0) is 9.47 Å². The Morgan fingerprint density at radius 1 is 1.28 bits per heavy atom. The van der Waals surface area contributed by atoms with Crippen molar-refractivity contribution in [3.05, 3.63) is 0 Å². The molecule has 2 aliphatic rings. The van der Waals surface area contributed by atoms with Crippen LogP contribution in [0.15, 0.2) is 0 Å². The zero-order chi connectivity index (χ0) is 12.6. The van der Waals surface area contributed by atoms with Crippen LogP contribution in [0.3, 0.4) is 0 Å². The standard InChI is InChI=1S/C14H27NO3/c16-8-5-13-3-1-6-15(11-13)7-10-17-12-14-4-2-9-18-14/h13-14,16H,1-12H2. The quantitative estimate of drug-likeness (QED) is 0.698. The summed E-state index contributed by atoms with van der Waals surface area (Å²) >= 11 is 0. The minimum Gasteiger partial charge on any atom is -0.396 e. The Morgan fingerprint density at radius 2 is 2.22 bits per heavy atom. The number of hydrogen-bond acceptors (Lipinski definition) is 4. The minimum atomic E-state index is 0.327. The number of likely N-dealkylation sites (tertiary alicyclic amines) is 1. The molecule has 1 N–H and O–H groups in total. The molecule has 0 amide bonds. The van der Waals surface area contributed by atoms with Gasteiger partial charge in [0.05, 0.1) is 19.3 Å². The van der Waals surface area contributed by atoms with Gasteiger partial charge in [-0.3, -0.25) is 0 Å². The third-order valence-corrected chi connectivity index (χ3v) is 4.02. The fourth-order valence-electron chi connectivity index (χ4n) is 2.96. The number of nitrogens with zero attached hydrogens (tertiary/aromatic N) is 1. The highest BCUT2D eigenvalue weighted by Gasteiger charge is 2.19. The first kappa shape index (κ1) is 14.3. The molecular weight excluding hydrogens is 230 g/mol. The molecule has 2 aliphatic heterocycles. The van der Waals surface area contributed by atoms with Gasteiger partial charge in [0.1, 0.15) is 0 Å². The van der Waals surface area contributed by atoms with Crippen LogP contribution >= 0.6 is 0 Å². The Kier molecular flexibility index (Phi) is 6.41. The predicted octanol–water partition coefficient (Wildman–Crippen LogP) is 1.28. The molecule has 0 aliphatic carbocycles. The van der Waals surface area contributed by atoms with E-state index in [9.17, 15) is 0 Å². The number of piperidine rings is 1. The summed E-state index contributed by atoms with van der Waals surface area (Å²) in [5.41, 5.74) is 0. The molecule has 0 radical (unpaired) electrons. The van der Waals surface area contributed by atoms with Crippen molar-refractivity contribution >= 4 is 0 Å². The number of hydrogen-bond donors (Lipinski definition) is 1. The van der Waals surface area contributed by atoms with Crippen LogP contribution in [0.5, 0.6) is 0 Å². The average molecular weight is 257 g/mol. The summed E-state index contributed by atoms with van der Waals surface area (Å²) < 4.78 is 11.2. The first-order valence-corrected chi connectivity index (χ1v) is 7.41. The van der Waals surface area contributed by atoms with Gasteiger partial charge in [0.25, 0.3) is 0 Å². The molecule has 0 aromatic heterocycles. The van der Waals surface area contributed by atoms with Gasteiger partial charge in [-0.1, -0.05) is 0 Å². The lowest BCUT2D eigenvalue weighted by atomic mass is 9.95. The minimum absolute atomic E-state index is 0.327. The Balaban J connectivity index is 1.52. The van der Waals surface area contributed by atoms with Crippen LogP contribution in [0.4, 0.5) is 0 Å². The molecule has 18 heavy (non-hydrogen) atoms. The molecule has 2 fully saturated rings. The van der Waals surface area contributed by atoms with Crippen LogP contribution in [-0.4, -0.2) is 62.2 Å². The lowest BCUT2D eigenvalue weighted by Gasteiger charge is -2.32. The van der Waals surface area contributed by atoms with Gasteiger partial charge in [0.2, 0.25) is 0 Å². The van der Waals surface area contributed by atoms with Crippen molar-refractivity contribution in [2.75, 3.05) is 46.1 Å². The van der Waals surface area contributed by atoms with Gasteiger partial charge < -0.3 is 19.5 Å². The van der Waals surface area contributed by atoms with Gasteiger partial charge >= 0.3 is 0 Å². The molecular formula is C14H27NO3. The first-order valence-electron chi connectivity index (χ1n) is 7.41. The maximum absolute atomic E-state index is 8.98. The second-order valence-corrected chi connectivity index (χ2v) is 5.53. The molecule has 0 bridgehead atoms. The monoisotopic (exact) mass is 257 g/mol. The Bertz CT molecular complexity index is 217. The summed E-state index contributed by atoms with van der Waals surface area (Å²) in [7, 11) is 0. The first-order chi connectivity index (χ1) is 8.88. The topological polar surface area (TPSA) is 41.9 Å². The smallest absolute Gasteiger partial charge is 0.0809 e. The van der Waals surface area contributed by atoms with Crippen LogP contribution in [0, 0.1) is 5.92 Å². The van der Waals surface area contributed by atoms with E-state index >= 15 is 0 Å². The molecule has 0 saturated carbocycles. The van der Waals surface area contributed by atoms with Crippen LogP contribution in [0.2, 0.25) is 0 Å². The fourth-order valence-corrected chi connectivity index (χ4v) is 2.96. The summed E-state index contributed by atoms with van der Waals surface area (Å²) in [6, 6.07) is 0. The SMILES string of the molecule is OCCC1CCCN(CCOCC2CCCO2)C1. The van der Waals surface area contributed by atoms with Crippen molar-refractivity contribution in [3.8, 4) is 0 Å². The summed E-state index contributed by atoms with van der Waals surface area (Å²) in [5, 5.41) is 8.98. The molecule has 0 aromatic carbocycles. The van der Waals surface area contributed by atoms with Crippen molar-refractivity contribution in [1.29, 1.82) is 0 Å². The Hall–Kier alpha value is -0.160. The second kappa shape index (κ2) is 8.10. The third-order valence-electron chi connectivity index (χ3n) is 4.02. The van der Waals surface area contributed by atoms with E-state index in [1.54, 1.807) is 0 Å². The number of ether oxygens (including phenoxy) is 2. The normalized spacial score (nSPS) is 29.8. The van der Waals surface area contributed by atoms with Gasteiger partial charge in [-0.15, -0.1) is 0 Å². The van der Waals surface area contributed by atoms with Crippen LogP contribution < -0.4 is 0 Å². The van der Waals surface area contributed by atoms with Gasteiger partial charge in [-0.05, 0) is 44.6 Å². The zero-order valence-electron chi connectivity index (χ0n) is 11.4. The van der Waals surface area contributed by atoms with Gasteiger partial charge in [-0.25, -0.2) is 0 Å². The summed E-state index contributed by atoms with van der Waals surface area (Å²) in [6.45, 7) is 6.14. The summed E-state index contributed by atoms with van der Waals surface area (Å²) in [4.78, 5) is 2.47. The van der Waals surface area contributed by atoms with Gasteiger partial charge in [0.15, 0.2) is 0 Å². The van der Waals surface area contributed by atoms with E-state index in [4.69, 9.17) is 14.6 Å². The zero-order valence-corrected chi connectivity index (χ0v) is 11.4. The van der Waals surface area contributed by atoms with Gasteiger partial charge in [-0.2, -0.15) is 0 Å². The molecule has 4 nitrogen and oxygen atoms in total. The molecule has 2 heterocycles. The average Bonchev–Trinajstić information content (AvgIpc) is 2.89. The highest BCUT2D eigenvalue weighted by Crippen LogP contribution is 2.19. The van der Waals surface area contributed by atoms with Crippen LogP contribution in [0.1, 0.15) is 32.1 Å². The fraction of sp³-hybridized carbons (Fsp3) is 1.00. The highest BCUT2D eigenvalue weighted by atomic mass is 16.5. The van der Waals surface area contributed by atoms with Gasteiger partial charge in [0, 0.05) is 26.3 Å². The maximum Gasteiger partial charge on any atom is 0.0809 e. The molecule has 0 aromatic rings. The summed E-state index contributed by atoms with van der Waals surface area (Å²) in [5.74, 6) is 0.682. The van der Waals surface area contributed by atoms with E-state index < -0.39 is 0 Å². The molecule has 2 unspecified atom stereocenters. The van der Waals surface area contributed by atoms with E-state index in [1.165, 1.54) is 25.8 Å². The molecule has 2 saturated heterocycles. The van der Waals surface area contributed by atoms with Crippen LogP contribution in [0.25, 0.3) is 0 Å². The second-order valence-electron chi connectivity index (χ2n) is 5.53. The van der Waals surface area contributed by atoms with Crippen molar-refractivity contribution < 1.29 is 14.6 Å². The summed E-state index contributed by atoms with van der Waals surface area (Å²) in [6.07, 6.45) is 6.16.